The summed E-state index contributed by atoms with van der Waals surface area (Å²) in [5.74, 6) is -0.0242. The number of Topliss-reactive ketones (excluding diaryl/α,β-unsaturated/α-hetero) is 1. The molecule has 0 aliphatic carbocycles. The van der Waals surface area contributed by atoms with Gasteiger partial charge in [-0.3, -0.25) is 9.89 Å². The number of aromatic nitrogens is 2. The van der Waals surface area contributed by atoms with E-state index in [0.29, 0.717) is 17.8 Å². The largest absolute Gasteiger partial charge is 0.398 e. The molecular formula is C12H14N4O. The molecule has 0 atom stereocenters. The topological polar surface area (TPSA) is 83.8 Å². The molecule has 88 valence electrons. The molecule has 5 heteroatoms. The minimum absolute atomic E-state index is 0.0242. The van der Waals surface area contributed by atoms with Gasteiger partial charge in [-0.1, -0.05) is 0 Å². The lowest BCUT2D eigenvalue weighted by molar-refractivity contribution is 0.101. The quantitative estimate of drug-likeness (QED) is 0.552. The summed E-state index contributed by atoms with van der Waals surface area (Å²) in [6.07, 6.45) is 3.57. The van der Waals surface area contributed by atoms with E-state index in [0.717, 1.165) is 11.3 Å². The fourth-order valence-electron chi connectivity index (χ4n) is 1.57. The van der Waals surface area contributed by atoms with Crippen LogP contribution in [0.3, 0.4) is 0 Å². The van der Waals surface area contributed by atoms with Gasteiger partial charge in [-0.2, -0.15) is 5.10 Å². The molecule has 0 bridgehead atoms. The van der Waals surface area contributed by atoms with E-state index in [4.69, 9.17) is 5.73 Å². The molecule has 0 radical (unpaired) electrons. The van der Waals surface area contributed by atoms with Crippen molar-refractivity contribution in [2.75, 3.05) is 11.1 Å². The maximum atomic E-state index is 11.2. The Morgan fingerprint density at radius 3 is 2.94 bits per heavy atom. The zero-order valence-corrected chi connectivity index (χ0v) is 9.53. The maximum Gasteiger partial charge on any atom is 0.161 e. The standard InChI is InChI=1S/C12H14N4O/c1-8(17)11-3-2-10(4-12(11)13)14-5-9-6-15-16-7-9/h2-4,6-7,14H,5,13H2,1H3,(H,15,16). The average molecular weight is 230 g/mol. The molecule has 2 aromatic rings. The van der Waals surface area contributed by atoms with E-state index in [1.807, 2.05) is 12.3 Å². The molecule has 0 unspecified atom stereocenters. The number of benzene rings is 1. The van der Waals surface area contributed by atoms with E-state index in [9.17, 15) is 4.79 Å². The minimum atomic E-state index is -0.0242. The number of anilines is 2. The molecule has 0 saturated heterocycles. The van der Waals surface area contributed by atoms with Crippen molar-refractivity contribution in [3.05, 3.63) is 41.7 Å². The lowest BCUT2D eigenvalue weighted by atomic mass is 10.1. The lowest BCUT2D eigenvalue weighted by Gasteiger charge is -2.08. The molecule has 0 saturated carbocycles. The van der Waals surface area contributed by atoms with E-state index >= 15 is 0 Å². The van der Waals surface area contributed by atoms with Crippen LogP contribution in [-0.4, -0.2) is 16.0 Å². The Kier molecular flexibility index (Phi) is 3.09. The van der Waals surface area contributed by atoms with Crippen molar-refractivity contribution < 1.29 is 4.79 Å². The van der Waals surface area contributed by atoms with Crippen molar-refractivity contribution in [3.8, 4) is 0 Å². The Labute approximate surface area is 99.0 Å². The first-order valence-corrected chi connectivity index (χ1v) is 5.29. The number of aromatic amines is 1. The SMILES string of the molecule is CC(=O)c1ccc(NCc2cn[nH]c2)cc1N. The van der Waals surface area contributed by atoms with Crippen LogP contribution in [0.2, 0.25) is 0 Å². The summed E-state index contributed by atoms with van der Waals surface area (Å²) in [4.78, 5) is 11.2. The van der Waals surface area contributed by atoms with Crippen LogP contribution in [-0.2, 0) is 6.54 Å². The van der Waals surface area contributed by atoms with Gasteiger partial charge in [0.05, 0.1) is 6.20 Å². The maximum absolute atomic E-state index is 11.2. The fourth-order valence-corrected chi connectivity index (χ4v) is 1.57. The van der Waals surface area contributed by atoms with Crippen LogP contribution in [0.5, 0.6) is 0 Å². The Morgan fingerprint density at radius 2 is 2.35 bits per heavy atom. The van der Waals surface area contributed by atoms with Gasteiger partial charge in [0.15, 0.2) is 5.78 Å². The predicted molar refractivity (Wildman–Crippen MR) is 66.8 cm³/mol. The molecule has 4 N–H and O–H groups in total. The van der Waals surface area contributed by atoms with E-state index in [1.54, 1.807) is 18.3 Å². The van der Waals surface area contributed by atoms with Crippen molar-refractivity contribution in [2.24, 2.45) is 0 Å². The van der Waals surface area contributed by atoms with Crippen LogP contribution in [0.4, 0.5) is 11.4 Å². The average Bonchev–Trinajstić information content (AvgIpc) is 2.78. The Hall–Kier alpha value is -2.30. The van der Waals surface area contributed by atoms with Gasteiger partial charge in [0.1, 0.15) is 0 Å². The number of hydrogen-bond donors (Lipinski definition) is 3. The number of carbonyl (C=O) groups is 1. The van der Waals surface area contributed by atoms with Crippen molar-refractivity contribution in [3.63, 3.8) is 0 Å². The minimum Gasteiger partial charge on any atom is -0.398 e. The van der Waals surface area contributed by atoms with E-state index in [1.165, 1.54) is 6.92 Å². The highest BCUT2D eigenvalue weighted by molar-refractivity contribution is 5.99. The van der Waals surface area contributed by atoms with Gasteiger partial charge in [0.25, 0.3) is 0 Å². The molecule has 0 aliphatic rings. The molecule has 0 aliphatic heterocycles. The summed E-state index contributed by atoms with van der Waals surface area (Å²) < 4.78 is 0. The number of nitrogens with zero attached hydrogens (tertiary/aromatic N) is 1. The second-order valence-electron chi connectivity index (χ2n) is 3.82. The molecule has 0 amide bonds. The second-order valence-corrected chi connectivity index (χ2v) is 3.82. The number of hydrogen-bond acceptors (Lipinski definition) is 4. The highest BCUT2D eigenvalue weighted by Gasteiger charge is 2.05. The summed E-state index contributed by atoms with van der Waals surface area (Å²) in [5.41, 5.74) is 8.78. The number of H-pyrrole nitrogens is 1. The van der Waals surface area contributed by atoms with Crippen LogP contribution in [0, 0.1) is 0 Å². The third-order valence-corrected chi connectivity index (χ3v) is 2.48. The summed E-state index contributed by atoms with van der Waals surface area (Å²) in [6.45, 7) is 2.17. The van der Waals surface area contributed by atoms with Crippen LogP contribution < -0.4 is 11.1 Å². The second kappa shape index (κ2) is 4.69. The monoisotopic (exact) mass is 230 g/mol. The smallest absolute Gasteiger partial charge is 0.161 e. The van der Waals surface area contributed by atoms with Crippen LogP contribution in [0.1, 0.15) is 22.8 Å². The molecule has 5 nitrogen and oxygen atoms in total. The van der Waals surface area contributed by atoms with E-state index in [2.05, 4.69) is 15.5 Å². The number of carbonyl (C=O) groups excluding carboxylic acids is 1. The van der Waals surface area contributed by atoms with E-state index in [-0.39, 0.29) is 5.78 Å². The van der Waals surface area contributed by atoms with Gasteiger partial charge < -0.3 is 11.1 Å². The zero-order valence-electron chi connectivity index (χ0n) is 9.53. The van der Waals surface area contributed by atoms with Gasteiger partial charge in [-0.05, 0) is 25.1 Å². The first kappa shape index (κ1) is 11.2. The number of rotatable bonds is 4. The van der Waals surface area contributed by atoms with Crippen molar-refractivity contribution in [2.45, 2.75) is 13.5 Å². The molecular weight excluding hydrogens is 216 g/mol. The van der Waals surface area contributed by atoms with Gasteiger partial charge >= 0.3 is 0 Å². The molecule has 0 spiro atoms. The first-order chi connectivity index (χ1) is 8.16. The zero-order chi connectivity index (χ0) is 12.3. The van der Waals surface area contributed by atoms with Crippen molar-refractivity contribution >= 4 is 17.2 Å². The molecule has 17 heavy (non-hydrogen) atoms. The van der Waals surface area contributed by atoms with Crippen molar-refractivity contribution in [1.29, 1.82) is 0 Å². The highest BCUT2D eigenvalue weighted by atomic mass is 16.1. The molecule has 0 fully saturated rings. The number of nitrogens with two attached hydrogens (primary N) is 1. The van der Waals surface area contributed by atoms with Gasteiger partial charge in [-0.15, -0.1) is 0 Å². The van der Waals surface area contributed by atoms with E-state index < -0.39 is 0 Å². The number of nitrogen functional groups attached to an aromatic ring is 1. The van der Waals surface area contributed by atoms with Gasteiger partial charge in [0.2, 0.25) is 0 Å². The Morgan fingerprint density at radius 1 is 1.53 bits per heavy atom. The van der Waals surface area contributed by atoms with Crippen LogP contribution in [0.25, 0.3) is 0 Å². The Balaban J connectivity index is 2.07. The normalized spacial score (nSPS) is 10.2. The fraction of sp³-hybridized carbons (Fsp3) is 0.167. The van der Waals surface area contributed by atoms with Gasteiger partial charge in [-0.25, -0.2) is 0 Å². The first-order valence-electron chi connectivity index (χ1n) is 5.29. The van der Waals surface area contributed by atoms with Crippen LogP contribution in [0.15, 0.2) is 30.6 Å². The van der Waals surface area contributed by atoms with Crippen LogP contribution >= 0.6 is 0 Å². The van der Waals surface area contributed by atoms with Crippen molar-refractivity contribution in [1.82, 2.24) is 10.2 Å². The molecule has 2 rings (SSSR count). The van der Waals surface area contributed by atoms with Gasteiger partial charge in [0, 0.05) is 35.2 Å². The summed E-state index contributed by atoms with van der Waals surface area (Å²) in [6, 6.07) is 5.33. The lowest BCUT2D eigenvalue weighted by Crippen LogP contribution is -2.03. The summed E-state index contributed by atoms with van der Waals surface area (Å²) in [7, 11) is 0. The number of ketones is 1. The predicted octanol–water partition coefficient (Wildman–Crippen LogP) is 1.81. The molecule has 1 heterocycles. The number of nitrogens with one attached hydrogen (secondary N) is 2. The third-order valence-electron chi connectivity index (χ3n) is 2.48. The molecule has 1 aromatic heterocycles. The Bertz CT molecular complexity index is 519. The third kappa shape index (κ3) is 2.63. The molecule has 1 aromatic carbocycles. The highest BCUT2D eigenvalue weighted by Crippen LogP contribution is 2.18. The summed E-state index contributed by atoms with van der Waals surface area (Å²) >= 11 is 0. The summed E-state index contributed by atoms with van der Waals surface area (Å²) in [5, 5.41) is 9.80.